The number of methoxy groups -OCH3 is 2. The molecule has 0 aliphatic carbocycles. The molecular formula is C17H31N3O8S. The first-order valence-electron chi connectivity index (χ1n) is 8.65. The fourth-order valence-electron chi connectivity index (χ4n) is 1.95. The minimum atomic E-state index is -1.24. The van der Waals surface area contributed by atoms with E-state index in [9.17, 15) is 19.2 Å². The molecule has 0 aliphatic rings. The van der Waals surface area contributed by atoms with Crippen molar-refractivity contribution < 1.29 is 38.2 Å². The average Bonchev–Trinajstić information content (AvgIpc) is 2.65. The van der Waals surface area contributed by atoms with E-state index in [2.05, 4.69) is 15.4 Å². The predicted octanol–water partition coefficient (Wildman–Crippen LogP) is 0.920. The first kappa shape index (κ1) is 26.8. The van der Waals surface area contributed by atoms with Gasteiger partial charge >= 0.3 is 18.2 Å². The Morgan fingerprint density at radius 1 is 1.00 bits per heavy atom. The predicted molar refractivity (Wildman–Crippen MR) is 106 cm³/mol. The molecule has 0 rings (SSSR count). The lowest BCUT2D eigenvalue weighted by molar-refractivity contribution is -0.170. The summed E-state index contributed by atoms with van der Waals surface area (Å²) in [5.41, 5.74) is -0.756. The van der Waals surface area contributed by atoms with Crippen LogP contribution < -0.4 is 10.6 Å². The number of amides is 3. The van der Waals surface area contributed by atoms with Gasteiger partial charge in [-0.2, -0.15) is 0 Å². The Morgan fingerprint density at radius 2 is 1.59 bits per heavy atom. The third-order valence-corrected chi connectivity index (χ3v) is 4.97. The van der Waals surface area contributed by atoms with Crippen molar-refractivity contribution in [3.05, 3.63) is 0 Å². The number of carbonyl (C=O) groups excluding carboxylic acids is 4. The molecule has 0 fully saturated rings. The summed E-state index contributed by atoms with van der Waals surface area (Å²) >= 11 is 1.03. The zero-order valence-electron chi connectivity index (χ0n) is 18.1. The van der Waals surface area contributed by atoms with Crippen LogP contribution in [-0.4, -0.2) is 86.2 Å². The monoisotopic (exact) mass is 437 g/mol. The molecule has 2 atom stereocenters. The normalized spacial score (nSPS) is 14.1. The van der Waals surface area contributed by atoms with Crippen LogP contribution in [0.4, 0.5) is 9.59 Å². The molecule has 0 aliphatic heterocycles. The molecule has 0 spiro atoms. The quantitative estimate of drug-likeness (QED) is 0.307. The summed E-state index contributed by atoms with van der Waals surface area (Å²) in [6, 6.07) is -1.09. The van der Waals surface area contributed by atoms with E-state index < -0.39 is 40.5 Å². The molecule has 2 N–H and O–H groups in total. The Kier molecular flexibility index (Phi) is 10.8. The van der Waals surface area contributed by atoms with Gasteiger partial charge < -0.3 is 24.8 Å². The number of alkyl carbamates (subject to hydrolysis) is 2. The SMILES string of the molecule is COC(=O)NC[C@](C)(SC[C@H](NC(=O)OC(C)(C)C)C(=O)OC)C(=O)N(C)OC. The van der Waals surface area contributed by atoms with Crippen LogP contribution in [0.5, 0.6) is 0 Å². The molecule has 0 heterocycles. The summed E-state index contributed by atoms with van der Waals surface area (Å²) < 4.78 is 13.2. The second kappa shape index (κ2) is 11.7. The number of esters is 1. The highest BCUT2D eigenvalue weighted by atomic mass is 32.2. The number of hydrogen-bond acceptors (Lipinski definition) is 9. The van der Waals surface area contributed by atoms with Crippen LogP contribution >= 0.6 is 11.8 Å². The van der Waals surface area contributed by atoms with E-state index in [0.717, 1.165) is 16.8 Å². The molecule has 11 nitrogen and oxygen atoms in total. The van der Waals surface area contributed by atoms with Gasteiger partial charge in [0.15, 0.2) is 0 Å². The summed E-state index contributed by atoms with van der Waals surface area (Å²) in [7, 11) is 5.10. The van der Waals surface area contributed by atoms with E-state index in [-0.39, 0.29) is 12.3 Å². The van der Waals surface area contributed by atoms with Gasteiger partial charge in [0.2, 0.25) is 0 Å². The molecule has 0 bridgehead atoms. The summed E-state index contributed by atoms with van der Waals surface area (Å²) in [5.74, 6) is -1.21. The molecule has 0 saturated carbocycles. The Labute approximate surface area is 175 Å². The second-order valence-corrected chi connectivity index (χ2v) is 8.62. The summed E-state index contributed by atoms with van der Waals surface area (Å²) in [6.07, 6.45) is -1.52. The number of rotatable bonds is 9. The Morgan fingerprint density at radius 3 is 2.03 bits per heavy atom. The van der Waals surface area contributed by atoms with Crippen molar-refractivity contribution in [1.82, 2.24) is 15.7 Å². The summed E-state index contributed by atoms with van der Waals surface area (Å²) in [6.45, 7) is 6.50. The van der Waals surface area contributed by atoms with E-state index >= 15 is 0 Å². The zero-order chi connectivity index (χ0) is 22.8. The van der Waals surface area contributed by atoms with Crippen LogP contribution in [0.25, 0.3) is 0 Å². The van der Waals surface area contributed by atoms with Gasteiger partial charge in [0.25, 0.3) is 5.91 Å². The van der Waals surface area contributed by atoms with E-state index in [4.69, 9.17) is 14.3 Å². The van der Waals surface area contributed by atoms with E-state index in [0.29, 0.717) is 0 Å². The lowest BCUT2D eigenvalue weighted by Gasteiger charge is -2.32. The Bertz CT molecular complexity index is 596. The number of nitrogens with one attached hydrogen (secondary N) is 2. The largest absolute Gasteiger partial charge is 0.467 e. The lowest BCUT2D eigenvalue weighted by atomic mass is 10.1. The minimum Gasteiger partial charge on any atom is -0.467 e. The molecule has 3 amide bonds. The van der Waals surface area contributed by atoms with Crippen LogP contribution in [0.1, 0.15) is 27.7 Å². The third kappa shape index (κ3) is 9.70. The molecular weight excluding hydrogens is 406 g/mol. The fourth-order valence-corrected chi connectivity index (χ4v) is 3.13. The van der Waals surface area contributed by atoms with E-state index in [1.807, 2.05) is 0 Å². The Hall–Kier alpha value is -2.21. The lowest BCUT2D eigenvalue weighted by Crippen LogP contribution is -2.52. The van der Waals surface area contributed by atoms with Crippen molar-refractivity contribution in [3.8, 4) is 0 Å². The van der Waals surface area contributed by atoms with Gasteiger partial charge in [0.1, 0.15) is 16.4 Å². The number of hydrogen-bond donors (Lipinski definition) is 2. The summed E-state index contributed by atoms with van der Waals surface area (Å²) in [4.78, 5) is 53.2. The third-order valence-electron chi connectivity index (χ3n) is 3.51. The molecule has 0 unspecified atom stereocenters. The van der Waals surface area contributed by atoms with Gasteiger partial charge in [0.05, 0.1) is 21.3 Å². The standard InChI is InChI=1S/C17H31N3O8S/c1-16(2,3)28-15(24)19-11(12(21)25-6)9-29-17(4,10-18-14(23)26-7)13(22)20(5)27-8/h11H,9-10H2,1-8H3,(H,18,23)(H,19,24)/t11-,17-/m0/s1. The molecule has 168 valence electrons. The highest BCUT2D eigenvalue weighted by molar-refractivity contribution is 8.01. The summed E-state index contributed by atoms with van der Waals surface area (Å²) in [5, 5.41) is 5.89. The number of carbonyl (C=O) groups is 4. The first-order valence-corrected chi connectivity index (χ1v) is 9.63. The zero-order valence-corrected chi connectivity index (χ0v) is 18.9. The van der Waals surface area contributed by atoms with Crippen molar-refractivity contribution >= 4 is 35.8 Å². The van der Waals surface area contributed by atoms with Crippen molar-refractivity contribution in [2.24, 2.45) is 0 Å². The molecule has 0 aromatic heterocycles. The maximum Gasteiger partial charge on any atom is 0.408 e. The molecule has 0 radical (unpaired) electrons. The molecule has 0 saturated heterocycles. The number of ether oxygens (including phenoxy) is 3. The van der Waals surface area contributed by atoms with Gasteiger partial charge in [-0.25, -0.2) is 19.4 Å². The highest BCUT2D eigenvalue weighted by Gasteiger charge is 2.39. The van der Waals surface area contributed by atoms with Gasteiger partial charge in [-0.15, -0.1) is 11.8 Å². The number of hydroxylamine groups is 2. The average molecular weight is 438 g/mol. The van der Waals surface area contributed by atoms with E-state index in [1.54, 1.807) is 27.7 Å². The van der Waals surface area contributed by atoms with Crippen LogP contribution in [0.3, 0.4) is 0 Å². The van der Waals surface area contributed by atoms with Crippen molar-refractivity contribution in [1.29, 1.82) is 0 Å². The van der Waals surface area contributed by atoms with Gasteiger partial charge in [-0.1, -0.05) is 0 Å². The maximum absolute atomic E-state index is 12.7. The van der Waals surface area contributed by atoms with Crippen LogP contribution in [0, 0.1) is 0 Å². The van der Waals surface area contributed by atoms with Crippen molar-refractivity contribution in [3.63, 3.8) is 0 Å². The van der Waals surface area contributed by atoms with Gasteiger partial charge in [0, 0.05) is 19.3 Å². The fraction of sp³-hybridized carbons (Fsp3) is 0.765. The Balaban J connectivity index is 5.38. The van der Waals surface area contributed by atoms with Crippen molar-refractivity contribution in [2.45, 2.75) is 44.1 Å². The molecule has 12 heteroatoms. The molecule has 0 aromatic carbocycles. The smallest absolute Gasteiger partial charge is 0.408 e. The van der Waals surface area contributed by atoms with E-state index in [1.165, 1.54) is 28.4 Å². The van der Waals surface area contributed by atoms with Gasteiger partial charge in [-0.05, 0) is 27.7 Å². The molecule has 0 aromatic rings. The maximum atomic E-state index is 12.7. The second-order valence-electron chi connectivity index (χ2n) is 7.09. The number of nitrogens with zero attached hydrogens (tertiary/aromatic N) is 1. The molecule has 29 heavy (non-hydrogen) atoms. The number of thioether (sulfide) groups is 1. The highest BCUT2D eigenvalue weighted by Crippen LogP contribution is 2.28. The van der Waals surface area contributed by atoms with Crippen molar-refractivity contribution in [2.75, 3.05) is 40.7 Å². The van der Waals surface area contributed by atoms with Crippen LogP contribution in [0.2, 0.25) is 0 Å². The van der Waals surface area contributed by atoms with Gasteiger partial charge in [-0.3, -0.25) is 9.63 Å². The topological polar surface area (TPSA) is 133 Å². The minimum absolute atomic E-state index is 0.0332. The first-order chi connectivity index (χ1) is 13.3. The van der Waals surface area contributed by atoms with Crippen LogP contribution in [-0.2, 0) is 28.6 Å². The van der Waals surface area contributed by atoms with Crippen LogP contribution in [0.15, 0.2) is 0 Å².